The summed E-state index contributed by atoms with van der Waals surface area (Å²) >= 11 is 0. The van der Waals surface area contributed by atoms with Crippen LogP contribution in [-0.2, 0) is 21.2 Å². The second kappa shape index (κ2) is 8.92. The van der Waals surface area contributed by atoms with Gasteiger partial charge in [0.1, 0.15) is 5.82 Å². The van der Waals surface area contributed by atoms with Crippen molar-refractivity contribution in [1.82, 2.24) is 9.62 Å². The van der Waals surface area contributed by atoms with E-state index in [2.05, 4.69) is 4.72 Å². The van der Waals surface area contributed by atoms with Crippen LogP contribution in [0.25, 0.3) is 11.1 Å². The second-order valence-corrected chi connectivity index (χ2v) is 8.94. The average Bonchev–Trinajstić information content (AvgIpc) is 3.03. The Balaban J connectivity index is 1.91. The minimum absolute atomic E-state index is 0.227. The molecular formula is C21H25FN2O4S. The van der Waals surface area contributed by atoms with E-state index in [4.69, 9.17) is 4.74 Å². The van der Waals surface area contributed by atoms with E-state index in [-0.39, 0.29) is 12.4 Å². The zero-order chi connectivity index (χ0) is 21.0. The van der Waals surface area contributed by atoms with Gasteiger partial charge in [0.05, 0.1) is 18.9 Å². The molecule has 156 valence electrons. The molecule has 2 aromatic rings. The third-order valence-electron chi connectivity index (χ3n) is 4.92. The lowest BCUT2D eigenvalue weighted by Gasteiger charge is -2.28. The molecule has 0 bridgehead atoms. The quantitative estimate of drug-likeness (QED) is 0.779. The number of nitrogens with one attached hydrogen (secondary N) is 1. The zero-order valence-electron chi connectivity index (χ0n) is 16.5. The normalized spacial score (nSPS) is 19.3. The molecule has 0 radical (unpaired) electrons. The van der Waals surface area contributed by atoms with E-state index in [0.717, 1.165) is 17.4 Å². The van der Waals surface area contributed by atoms with Gasteiger partial charge in [-0.25, -0.2) is 22.3 Å². The molecule has 1 saturated heterocycles. The largest absolute Gasteiger partial charge is 0.450 e. The molecule has 1 aliphatic rings. The molecule has 0 aromatic heterocycles. The molecule has 1 heterocycles. The highest BCUT2D eigenvalue weighted by molar-refractivity contribution is 7.88. The number of likely N-dealkylation sites (tertiary alicyclic amines) is 1. The minimum Gasteiger partial charge on any atom is -0.450 e. The number of sulfonamides is 1. The number of amides is 1. The van der Waals surface area contributed by atoms with Gasteiger partial charge in [-0.2, -0.15) is 0 Å². The van der Waals surface area contributed by atoms with Crippen LogP contribution < -0.4 is 4.72 Å². The molecule has 0 spiro atoms. The SMILES string of the molecule is CCOC(=O)N1CCC(NS(C)(=O)=O)C1Cc1cc(F)cc(-c2ccccc2)c1. The average molecular weight is 421 g/mol. The van der Waals surface area contributed by atoms with Crippen molar-refractivity contribution in [2.45, 2.75) is 31.8 Å². The summed E-state index contributed by atoms with van der Waals surface area (Å²) in [6.45, 7) is 2.32. The lowest BCUT2D eigenvalue weighted by Crippen LogP contribution is -2.47. The van der Waals surface area contributed by atoms with Crippen molar-refractivity contribution >= 4 is 16.1 Å². The maximum absolute atomic E-state index is 14.3. The van der Waals surface area contributed by atoms with E-state index >= 15 is 0 Å². The van der Waals surface area contributed by atoms with Crippen molar-refractivity contribution in [3.05, 3.63) is 59.9 Å². The number of rotatable bonds is 6. The summed E-state index contributed by atoms with van der Waals surface area (Å²) in [7, 11) is -3.46. The third-order valence-corrected chi connectivity index (χ3v) is 5.65. The maximum Gasteiger partial charge on any atom is 0.410 e. The van der Waals surface area contributed by atoms with E-state index < -0.39 is 28.2 Å². The van der Waals surface area contributed by atoms with Crippen LogP contribution in [0.15, 0.2) is 48.5 Å². The topological polar surface area (TPSA) is 75.7 Å². The number of ether oxygens (including phenoxy) is 1. The molecule has 2 aromatic carbocycles. The molecule has 29 heavy (non-hydrogen) atoms. The first-order valence-corrected chi connectivity index (χ1v) is 11.4. The van der Waals surface area contributed by atoms with Gasteiger partial charge < -0.3 is 9.64 Å². The first-order valence-electron chi connectivity index (χ1n) is 9.52. The Morgan fingerprint density at radius 3 is 2.59 bits per heavy atom. The summed E-state index contributed by atoms with van der Waals surface area (Å²) in [5.74, 6) is -0.380. The Kier molecular flexibility index (Phi) is 6.54. The number of nitrogens with zero attached hydrogens (tertiary/aromatic N) is 1. The van der Waals surface area contributed by atoms with Gasteiger partial charge >= 0.3 is 6.09 Å². The van der Waals surface area contributed by atoms with Crippen molar-refractivity contribution in [1.29, 1.82) is 0 Å². The van der Waals surface area contributed by atoms with Gasteiger partial charge in [-0.3, -0.25) is 0 Å². The van der Waals surface area contributed by atoms with Crippen LogP contribution in [0.4, 0.5) is 9.18 Å². The van der Waals surface area contributed by atoms with Crippen molar-refractivity contribution in [2.24, 2.45) is 0 Å². The molecule has 1 amide bonds. The van der Waals surface area contributed by atoms with Crippen LogP contribution in [-0.4, -0.2) is 50.9 Å². The Bertz CT molecular complexity index is 966. The van der Waals surface area contributed by atoms with Gasteiger partial charge in [-0.15, -0.1) is 0 Å². The van der Waals surface area contributed by atoms with E-state index in [1.807, 2.05) is 36.4 Å². The van der Waals surface area contributed by atoms with Crippen molar-refractivity contribution in [2.75, 3.05) is 19.4 Å². The van der Waals surface area contributed by atoms with Gasteiger partial charge in [0.2, 0.25) is 10.0 Å². The molecule has 0 saturated carbocycles. The fraction of sp³-hybridized carbons (Fsp3) is 0.381. The van der Waals surface area contributed by atoms with Gasteiger partial charge in [0.15, 0.2) is 0 Å². The number of carbonyl (C=O) groups excluding carboxylic acids is 1. The number of hydrogen-bond acceptors (Lipinski definition) is 4. The van der Waals surface area contributed by atoms with E-state index in [0.29, 0.717) is 24.9 Å². The Labute approximate surface area is 170 Å². The van der Waals surface area contributed by atoms with Gasteiger partial charge in [-0.1, -0.05) is 36.4 Å². The predicted octanol–water partition coefficient (Wildman–Crippen LogP) is 3.18. The number of hydrogen-bond donors (Lipinski definition) is 1. The highest BCUT2D eigenvalue weighted by atomic mass is 32.2. The molecule has 2 unspecified atom stereocenters. The van der Waals surface area contributed by atoms with Crippen LogP contribution in [0, 0.1) is 5.82 Å². The third kappa shape index (κ3) is 5.55. The standard InChI is InChI=1S/C21H25FN2O4S/c1-3-28-21(25)24-10-9-19(23-29(2,26)27)20(24)13-15-11-17(14-18(22)12-15)16-7-5-4-6-8-16/h4-8,11-12,14,19-20,23H,3,9-10,13H2,1-2H3. The highest BCUT2D eigenvalue weighted by Gasteiger charge is 2.39. The van der Waals surface area contributed by atoms with E-state index in [1.165, 1.54) is 17.0 Å². The monoisotopic (exact) mass is 420 g/mol. The summed E-state index contributed by atoms with van der Waals surface area (Å²) in [6.07, 6.45) is 1.38. The minimum atomic E-state index is -3.46. The highest BCUT2D eigenvalue weighted by Crippen LogP contribution is 2.27. The van der Waals surface area contributed by atoms with Crippen LogP contribution in [0.5, 0.6) is 0 Å². The lowest BCUT2D eigenvalue weighted by atomic mass is 9.97. The molecule has 1 aliphatic heterocycles. The zero-order valence-corrected chi connectivity index (χ0v) is 17.3. The molecule has 1 N–H and O–H groups in total. The summed E-state index contributed by atoms with van der Waals surface area (Å²) in [5, 5.41) is 0. The first kappa shape index (κ1) is 21.3. The van der Waals surface area contributed by atoms with Crippen LogP contribution in [0.2, 0.25) is 0 Å². The molecule has 2 atom stereocenters. The van der Waals surface area contributed by atoms with E-state index in [9.17, 15) is 17.6 Å². The molecule has 6 nitrogen and oxygen atoms in total. The van der Waals surface area contributed by atoms with Crippen LogP contribution in [0.3, 0.4) is 0 Å². The van der Waals surface area contributed by atoms with Crippen molar-refractivity contribution < 1.29 is 22.3 Å². The number of halogens is 1. The number of benzene rings is 2. The van der Waals surface area contributed by atoms with E-state index in [1.54, 1.807) is 6.92 Å². The summed E-state index contributed by atoms with van der Waals surface area (Å²) in [6, 6.07) is 13.3. The molecular weight excluding hydrogens is 395 g/mol. The lowest BCUT2D eigenvalue weighted by molar-refractivity contribution is 0.101. The molecule has 1 fully saturated rings. The van der Waals surface area contributed by atoms with Crippen LogP contribution >= 0.6 is 0 Å². The number of carbonyl (C=O) groups is 1. The van der Waals surface area contributed by atoms with Crippen molar-refractivity contribution in [3.63, 3.8) is 0 Å². The maximum atomic E-state index is 14.3. The summed E-state index contributed by atoms with van der Waals surface area (Å²) in [4.78, 5) is 13.9. The first-order chi connectivity index (χ1) is 13.8. The molecule has 8 heteroatoms. The van der Waals surface area contributed by atoms with Crippen molar-refractivity contribution in [3.8, 4) is 11.1 Å². The predicted molar refractivity (Wildman–Crippen MR) is 109 cm³/mol. The second-order valence-electron chi connectivity index (χ2n) is 7.16. The van der Waals surface area contributed by atoms with Crippen LogP contribution in [0.1, 0.15) is 18.9 Å². The molecule has 0 aliphatic carbocycles. The summed E-state index contributed by atoms with van der Waals surface area (Å²) in [5.41, 5.74) is 2.30. The fourth-order valence-corrected chi connectivity index (χ4v) is 4.58. The Morgan fingerprint density at radius 2 is 1.93 bits per heavy atom. The van der Waals surface area contributed by atoms with Gasteiger partial charge in [-0.05, 0) is 48.6 Å². The summed E-state index contributed by atoms with van der Waals surface area (Å²) < 4.78 is 45.6. The smallest absolute Gasteiger partial charge is 0.410 e. The van der Waals surface area contributed by atoms with Gasteiger partial charge in [0, 0.05) is 12.6 Å². The molecule has 3 rings (SSSR count). The van der Waals surface area contributed by atoms with Gasteiger partial charge in [0.25, 0.3) is 0 Å². The Hall–Kier alpha value is -2.45. The fourth-order valence-electron chi connectivity index (χ4n) is 3.76. The Morgan fingerprint density at radius 1 is 1.21 bits per heavy atom.